The molecular weight excluding hydrogens is 795 g/mol. The van der Waals surface area contributed by atoms with Gasteiger partial charge in [-0.15, -0.1) is 0 Å². The maximum atomic E-state index is 12.5. The Bertz CT molecular complexity index is 1030. The zero-order chi connectivity index (χ0) is 47.0. The molecule has 0 saturated heterocycles. The van der Waals surface area contributed by atoms with Crippen LogP contribution >= 0.6 is 0 Å². The number of carbonyl (C=O) groups is 1. The molecule has 2 unspecified atom stereocenters. The van der Waals surface area contributed by atoms with Crippen LogP contribution in [0.25, 0.3) is 0 Å². The Kier molecular flexibility index (Phi) is 55.2. The summed E-state index contributed by atoms with van der Waals surface area (Å²) >= 11 is 0. The lowest BCUT2D eigenvalue weighted by Gasteiger charge is -2.19. The van der Waals surface area contributed by atoms with Gasteiger partial charge in [0, 0.05) is 6.42 Å². The Labute approximate surface area is 407 Å². The van der Waals surface area contributed by atoms with E-state index in [0.717, 1.165) is 38.5 Å². The van der Waals surface area contributed by atoms with Gasteiger partial charge in [0.15, 0.2) is 0 Å². The van der Waals surface area contributed by atoms with E-state index in [1.165, 1.54) is 257 Å². The summed E-state index contributed by atoms with van der Waals surface area (Å²) in [5, 5.41) is 23.2. The largest absolute Gasteiger partial charge is 0.394 e. The summed E-state index contributed by atoms with van der Waals surface area (Å²) in [5.74, 6) is -0.0703. The molecule has 0 saturated carbocycles. The fourth-order valence-corrected chi connectivity index (χ4v) is 9.05. The van der Waals surface area contributed by atoms with Gasteiger partial charge in [0.1, 0.15) is 0 Å². The zero-order valence-electron chi connectivity index (χ0n) is 44.0. The fraction of sp³-hybridized carbons (Fsp3) is 0.852. The third kappa shape index (κ3) is 53.2. The number of carbonyl (C=O) groups excluding carboxylic acids is 1. The molecule has 0 radical (unpaired) electrons. The molecule has 0 aliphatic carbocycles. The molecule has 0 aliphatic rings. The summed E-state index contributed by atoms with van der Waals surface area (Å²) in [4.78, 5) is 12.5. The first-order valence-corrected chi connectivity index (χ1v) is 29.4. The SMILES string of the molecule is CCCCCCC/C=C\C/C=C\CCCCCCCCCCCCCCCCCC(=O)NC(CO)C(O)/C=C/CC/C=C/CCCCCCCCCCCCCCCCCCCCCC. The van der Waals surface area contributed by atoms with Crippen molar-refractivity contribution in [2.75, 3.05) is 6.61 Å². The van der Waals surface area contributed by atoms with E-state index in [1.54, 1.807) is 6.08 Å². The number of nitrogens with one attached hydrogen (secondary N) is 1. The monoisotopic (exact) mass is 910 g/mol. The Morgan fingerprint density at radius 1 is 0.369 bits per heavy atom. The van der Waals surface area contributed by atoms with Crippen LogP contribution in [0.1, 0.15) is 316 Å². The quantitative estimate of drug-likeness (QED) is 0.0421. The molecule has 1 amide bonds. The molecule has 2 atom stereocenters. The van der Waals surface area contributed by atoms with Gasteiger partial charge in [0.05, 0.1) is 18.8 Å². The number of allylic oxidation sites excluding steroid dienone is 7. The van der Waals surface area contributed by atoms with Crippen LogP contribution in [0.2, 0.25) is 0 Å². The molecule has 382 valence electrons. The van der Waals surface area contributed by atoms with E-state index < -0.39 is 12.1 Å². The van der Waals surface area contributed by atoms with E-state index in [0.29, 0.717) is 6.42 Å². The molecule has 0 aromatic carbocycles. The van der Waals surface area contributed by atoms with Gasteiger partial charge in [-0.25, -0.2) is 0 Å². The highest BCUT2D eigenvalue weighted by Gasteiger charge is 2.18. The standard InChI is InChI=1S/C61H115NO3/c1-3-5-7-9-11-13-15-17-19-21-23-25-27-29-31-33-35-37-39-41-43-45-47-49-51-53-55-57-61(65)62-59(58-63)60(64)56-54-52-50-48-46-44-42-40-38-36-34-32-30-28-26-24-22-20-18-16-14-12-10-8-6-4-2/h15,17,21,23,46,48,54,56,59-60,63-64H,3-14,16,18-20,22,24-45,47,49-53,55,57-58H2,1-2H3,(H,62,65)/b17-15-,23-21-,48-46+,56-54+. The molecule has 65 heavy (non-hydrogen) atoms. The van der Waals surface area contributed by atoms with Crippen LogP contribution in [0.3, 0.4) is 0 Å². The summed E-state index contributed by atoms with van der Waals surface area (Å²) in [5.41, 5.74) is 0. The van der Waals surface area contributed by atoms with Crippen LogP contribution in [-0.2, 0) is 4.79 Å². The van der Waals surface area contributed by atoms with Crippen molar-refractivity contribution < 1.29 is 15.0 Å². The Hall–Kier alpha value is -1.65. The first kappa shape index (κ1) is 63.4. The second-order valence-electron chi connectivity index (χ2n) is 20.1. The fourth-order valence-electron chi connectivity index (χ4n) is 9.05. The van der Waals surface area contributed by atoms with Crippen molar-refractivity contribution in [1.82, 2.24) is 5.32 Å². The minimum atomic E-state index is -0.864. The van der Waals surface area contributed by atoms with Gasteiger partial charge < -0.3 is 15.5 Å². The number of amides is 1. The third-order valence-electron chi connectivity index (χ3n) is 13.5. The van der Waals surface area contributed by atoms with Crippen LogP contribution in [0.4, 0.5) is 0 Å². The van der Waals surface area contributed by atoms with Crippen molar-refractivity contribution in [1.29, 1.82) is 0 Å². The molecule has 0 aromatic heterocycles. The number of aliphatic hydroxyl groups excluding tert-OH is 2. The molecule has 4 heteroatoms. The number of unbranched alkanes of at least 4 members (excludes halogenated alkanes) is 41. The number of hydrogen-bond acceptors (Lipinski definition) is 3. The van der Waals surface area contributed by atoms with E-state index in [2.05, 4.69) is 55.6 Å². The zero-order valence-corrected chi connectivity index (χ0v) is 44.0. The van der Waals surface area contributed by atoms with Crippen LogP contribution in [0.15, 0.2) is 48.6 Å². The second kappa shape index (κ2) is 56.7. The van der Waals surface area contributed by atoms with Crippen LogP contribution in [0.5, 0.6) is 0 Å². The number of rotatable bonds is 54. The average Bonchev–Trinajstić information content (AvgIpc) is 3.31. The van der Waals surface area contributed by atoms with Crippen LogP contribution in [0, 0.1) is 0 Å². The molecule has 0 fully saturated rings. The van der Waals surface area contributed by atoms with Crippen LogP contribution < -0.4 is 5.32 Å². The van der Waals surface area contributed by atoms with Gasteiger partial charge in [-0.1, -0.05) is 294 Å². The van der Waals surface area contributed by atoms with E-state index in [4.69, 9.17) is 0 Å². The summed E-state index contributed by atoms with van der Waals surface area (Å²) in [6.07, 6.45) is 78.6. The van der Waals surface area contributed by atoms with Crippen molar-refractivity contribution in [3.05, 3.63) is 48.6 Å². The van der Waals surface area contributed by atoms with Crippen molar-refractivity contribution in [3.63, 3.8) is 0 Å². The molecule has 0 heterocycles. The van der Waals surface area contributed by atoms with Gasteiger partial charge in [-0.3, -0.25) is 4.79 Å². The molecule has 0 spiro atoms. The predicted molar refractivity (Wildman–Crippen MR) is 290 cm³/mol. The Balaban J connectivity index is 3.51. The Morgan fingerprint density at radius 3 is 0.985 bits per heavy atom. The highest BCUT2D eigenvalue weighted by atomic mass is 16.3. The summed E-state index contributed by atoms with van der Waals surface area (Å²) in [6, 6.07) is -0.640. The van der Waals surface area contributed by atoms with Gasteiger partial charge >= 0.3 is 0 Å². The minimum absolute atomic E-state index is 0.0703. The lowest BCUT2D eigenvalue weighted by molar-refractivity contribution is -0.123. The number of hydrogen-bond donors (Lipinski definition) is 3. The molecule has 0 bridgehead atoms. The topological polar surface area (TPSA) is 69.6 Å². The van der Waals surface area contributed by atoms with Gasteiger partial charge in [-0.2, -0.15) is 0 Å². The van der Waals surface area contributed by atoms with Crippen molar-refractivity contribution in [2.45, 2.75) is 328 Å². The maximum Gasteiger partial charge on any atom is 0.220 e. The molecule has 0 aromatic rings. The van der Waals surface area contributed by atoms with E-state index in [-0.39, 0.29) is 12.5 Å². The molecule has 4 nitrogen and oxygen atoms in total. The normalized spacial score (nSPS) is 13.1. The average molecular weight is 911 g/mol. The lowest BCUT2D eigenvalue weighted by Crippen LogP contribution is -2.45. The molecule has 3 N–H and O–H groups in total. The van der Waals surface area contributed by atoms with E-state index in [9.17, 15) is 15.0 Å². The molecule has 0 rings (SSSR count). The molecular formula is C61H115NO3. The first-order valence-electron chi connectivity index (χ1n) is 29.4. The predicted octanol–water partition coefficient (Wildman–Crippen LogP) is 19.4. The van der Waals surface area contributed by atoms with Crippen LogP contribution in [-0.4, -0.2) is 34.9 Å². The third-order valence-corrected chi connectivity index (χ3v) is 13.5. The number of aliphatic hydroxyl groups is 2. The van der Waals surface area contributed by atoms with Gasteiger partial charge in [0.25, 0.3) is 0 Å². The van der Waals surface area contributed by atoms with Crippen molar-refractivity contribution in [2.24, 2.45) is 0 Å². The minimum Gasteiger partial charge on any atom is -0.394 e. The summed E-state index contributed by atoms with van der Waals surface area (Å²) in [7, 11) is 0. The van der Waals surface area contributed by atoms with Crippen molar-refractivity contribution in [3.8, 4) is 0 Å². The smallest absolute Gasteiger partial charge is 0.220 e. The Morgan fingerprint density at radius 2 is 0.646 bits per heavy atom. The van der Waals surface area contributed by atoms with E-state index >= 15 is 0 Å². The lowest BCUT2D eigenvalue weighted by atomic mass is 10.0. The highest BCUT2D eigenvalue weighted by molar-refractivity contribution is 5.76. The second-order valence-corrected chi connectivity index (χ2v) is 20.1. The van der Waals surface area contributed by atoms with Crippen molar-refractivity contribution >= 4 is 5.91 Å². The molecule has 0 aliphatic heterocycles. The first-order chi connectivity index (χ1) is 32.2. The van der Waals surface area contributed by atoms with Gasteiger partial charge in [0.2, 0.25) is 5.91 Å². The highest BCUT2D eigenvalue weighted by Crippen LogP contribution is 2.17. The van der Waals surface area contributed by atoms with E-state index in [1.807, 2.05) is 6.08 Å². The maximum absolute atomic E-state index is 12.5. The summed E-state index contributed by atoms with van der Waals surface area (Å²) in [6.45, 7) is 4.32. The van der Waals surface area contributed by atoms with Gasteiger partial charge in [-0.05, 0) is 64.2 Å². The summed E-state index contributed by atoms with van der Waals surface area (Å²) < 4.78 is 0.